The number of benzene rings is 1. The highest BCUT2D eigenvalue weighted by Crippen LogP contribution is 2.36. The van der Waals surface area contributed by atoms with Gasteiger partial charge in [-0.3, -0.25) is 0 Å². The third-order valence-electron chi connectivity index (χ3n) is 4.93. The second-order valence-electron chi connectivity index (χ2n) is 7.91. The largest absolute Gasteiger partial charge is 0.417 e. The van der Waals surface area contributed by atoms with Gasteiger partial charge in [0.05, 0.1) is 6.10 Å². The van der Waals surface area contributed by atoms with Crippen LogP contribution in [0.25, 0.3) is 0 Å². The van der Waals surface area contributed by atoms with Gasteiger partial charge in [-0.25, -0.2) is 0 Å². The van der Waals surface area contributed by atoms with E-state index >= 15 is 0 Å². The molecular formula is C20H34O2Si. The monoisotopic (exact) mass is 334 g/mol. The lowest BCUT2D eigenvalue weighted by atomic mass is 9.99. The molecule has 0 heterocycles. The number of aryl methyl sites for hydroxylation is 1. The van der Waals surface area contributed by atoms with E-state index in [0.717, 1.165) is 37.9 Å². The maximum atomic E-state index is 10.2. The molecule has 2 nitrogen and oxygen atoms in total. The fraction of sp³-hybridized carbons (Fsp3) is 0.600. The van der Waals surface area contributed by atoms with Gasteiger partial charge in [0.15, 0.2) is 8.32 Å². The van der Waals surface area contributed by atoms with Crippen molar-refractivity contribution >= 4 is 8.32 Å². The Morgan fingerprint density at radius 3 is 2.39 bits per heavy atom. The molecule has 0 amide bonds. The van der Waals surface area contributed by atoms with E-state index in [4.69, 9.17) is 4.43 Å². The summed E-state index contributed by atoms with van der Waals surface area (Å²) in [7, 11) is -1.66. The molecule has 0 spiro atoms. The molecule has 1 unspecified atom stereocenters. The first-order valence-corrected chi connectivity index (χ1v) is 11.6. The van der Waals surface area contributed by atoms with E-state index < -0.39 is 14.4 Å². The van der Waals surface area contributed by atoms with Gasteiger partial charge in [0.2, 0.25) is 0 Å². The number of aliphatic hydroxyl groups is 1. The van der Waals surface area contributed by atoms with Crippen molar-refractivity contribution in [1.82, 2.24) is 0 Å². The Labute approximate surface area is 143 Å². The molecule has 1 atom stereocenters. The average Bonchev–Trinajstić information content (AvgIpc) is 2.48. The fourth-order valence-electron chi connectivity index (χ4n) is 2.16. The predicted octanol–water partition coefficient (Wildman–Crippen LogP) is 5.34. The molecular weight excluding hydrogens is 300 g/mol. The van der Waals surface area contributed by atoms with E-state index in [1.54, 1.807) is 0 Å². The highest BCUT2D eigenvalue weighted by atomic mass is 28.4. The van der Waals surface area contributed by atoms with Crippen LogP contribution in [0.5, 0.6) is 0 Å². The van der Waals surface area contributed by atoms with Crippen LogP contribution in [0.15, 0.2) is 42.5 Å². The highest BCUT2D eigenvalue weighted by molar-refractivity contribution is 6.74. The SMILES string of the molecule is C=C(CCCO[Si](C)(C)C(C)(C)C)C(O)CCc1ccccc1. The zero-order chi connectivity index (χ0) is 17.5. The summed E-state index contributed by atoms with van der Waals surface area (Å²) < 4.78 is 6.17. The highest BCUT2D eigenvalue weighted by Gasteiger charge is 2.36. The Bertz CT molecular complexity index is 474. The molecule has 3 heteroatoms. The molecule has 130 valence electrons. The van der Waals surface area contributed by atoms with Crippen molar-refractivity contribution < 1.29 is 9.53 Å². The van der Waals surface area contributed by atoms with E-state index in [9.17, 15) is 5.11 Å². The van der Waals surface area contributed by atoms with Crippen LogP contribution < -0.4 is 0 Å². The summed E-state index contributed by atoms with van der Waals surface area (Å²) in [5.41, 5.74) is 2.19. The number of hydrogen-bond donors (Lipinski definition) is 1. The smallest absolute Gasteiger partial charge is 0.191 e. The van der Waals surface area contributed by atoms with Crippen LogP contribution in [0.1, 0.15) is 45.6 Å². The van der Waals surface area contributed by atoms with Crippen molar-refractivity contribution in [3.8, 4) is 0 Å². The Kier molecular flexibility index (Phi) is 7.72. The van der Waals surface area contributed by atoms with Gasteiger partial charge in [0.25, 0.3) is 0 Å². The third-order valence-corrected chi connectivity index (χ3v) is 9.47. The third kappa shape index (κ3) is 7.02. The van der Waals surface area contributed by atoms with Gasteiger partial charge >= 0.3 is 0 Å². The fourth-order valence-corrected chi connectivity index (χ4v) is 3.25. The zero-order valence-electron chi connectivity index (χ0n) is 15.6. The second-order valence-corrected chi connectivity index (χ2v) is 12.7. The standard InChI is InChI=1S/C20H34O2Si/c1-17(11-10-16-22-23(5,6)20(2,3)4)19(21)15-14-18-12-8-7-9-13-18/h7-9,12-13,19,21H,1,10-11,14-16H2,2-6H3. The van der Waals surface area contributed by atoms with Crippen molar-refractivity contribution in [2.45, 2.75) is 70.7 Å². The van der Waals surface area contributed by atoms with Crippen LogP contribution in [0.3, 0.4) is 0 Å². The average molecular weight is 335 g/mol. The summed E-state index contributed by atoms with van der Waals surface area (Å²) in [6.45, 7) is 16.1. The van der Waals surface area contributed by atoms with Crippen LogP contribution in [0.4, 0.5) is 0 Å². The molecule has 1 aromatic carbocycles. The first-order chi connectivity index (χ1) is 10.6. The van der Waals surface area contributed by atoms with E-state index in [-0.39, 0.29) is 5.04 Å². The quantitative estimate of drug-likeness (QED) is 0.375. The zero-order valence-corrected chi connectivity index (χ0v) is 16.6. The van der Waals surface area contributed by atoms with Gasteiger partial charge < -0.3 is 9.53 Å². The van der Waals surface area contributed by atoms with Crippen molar-refractivity contribution in [3.05, 3.63) is 48.0 Å². The van der Waals surface area contributed by atoms with Crippen molar-refractivity contribution in [1.29, 1.82) is 0 Å². The molecule has 0 fully saturated rings. The molecule has 0 radical (unpaired) electrons. The minimum Gasteiger partial charge on any atom is -0.417 e. The van der Waals surface area contributed by atoms with Crippen molar-refractivity contribution in [2.24, 2.45) is 0 Å². The number of hydrogen-bond acceptors (Lipinski definition) is 2. The number of aliphatic hydroxyl groups excluding tert-OH is 1. The second kappa shape index (κ2) is 8.81. The van der Waals surface area contributed by atoms with E-state index in [1.807, 2.05) is 18.2 Å². The lowest BCUT2D eigenvalue weighted by molar-refractivity contribution is 0.194. The molecule has 1 aromatic rings. The molecule has 1 rings (SSSR count). The summed E-state index contributed by atoms with van der Waals surface area (Å²) in [5.74, 6) is 0. The van der Waals surface area contributed by atoms with Crippen LogP contribution in [-0.2, 0) is 10.8 Å². The maximum Gasteiger partial charge on any atom is 0.191 e. The summed E-state index contributed by atoms with van der Waals surface area (Å²) in [4.78, 5) is 0. The van der Waals surface area contributed by atoms with Crippen molar-refractivity contribution in [3.63, 3.8) is 0 Å². The summed E-state index contributed by atoms with van der Waals surface area (Å²) in [5, 5.41) is 10.5. The summed E-state index contributed by atoms with van der Waals surface area (Å²) in [6.07, 6.45) is 2.99. The van der Waals surface area contributed by atoms with E-state index in [0.29, 0.717) is 0 Å². The Balaban J connectivity index is 2.26. The number of rotatable bonds is 9. The van der Waals surface area contributed by atoms with Gasteiger partial charge in [-0.05, 0) is 55.0 Å². The van der Waals surface area contributed by atoms with Crippen LogP contribution in [0.2, 0.25) is 18.1 Å². The molecule has 0 saturated carbocycles. The first-order valence-electron chi connectivity index (χ1n) is 8.67. The summed E-state index contributed by atoms with van der Waals surface area (Å²) in [6, 6.07) is 10.3. The predicted molar refractivity (Wildman–Crippen MR) is 102 cm³/mol. The topological polar surface area (TPSA) is 29.5 Å². The van der Waals surface area contributed by atoms with Crippen LogP contribution >= 0.6 is 0 Å². The Morgan fingerprint density at radius 1 is 1.22 bits per heavy atom. The van der Waals surface area contributed by atoms with Gasteiger partial charge in [-0.1, -0.05) is 57.7 Å². The van der Waals surface area contributed by atoms with E-state index in [2.05, 4.69) is 52.6 Å². The Morgan fingerprint density at radius 2 is 1.83 bits per heavy atom. The minimum atomic E-state index is -1.66. The van der Waals surface area contributed by atoms with Crippen LogP contribution in [0, 0.1) is 0 Å². The van der Waals surface area contributed by atoms with Gasteiger partial charge in [0, 0.05) is 6.61 Å². The summed E-state index contributed by atoms with van der Waals surface area (Å²) >= 11 is 0. The van der Waals surface area contributed by atoms with Crippen molar-refractivity contribution in [2.75, 3.05) is 6.61 Å². The van der Waals surface area contributed by atoms with Crippen LogP contribution in [-0.4, -0.2) is 26.1 Å². The molecule has 0 saturated heterocycles. The molecule has 23 heavy (non-hydrogen) atoms. The molecule has 1 N–H and O–H groups in total. The normalized spacial score (nSPS) is 13.8. The molecule has 0 aliphatic heterocycles. The van der Waals surface area contributed by atoms with Gasteiger partial charge in [-0.2, -0.15) is 0 Å². The lowest BCUT2D eigenvalue weighted by Crippen LogP contribution is -2.41. The van der Waals surface area contributed by atoms with Gasteiger partial charge in [-0.15, -0.1) is 0 Å². The molecule has 0 bridgehead atoms. The lowest BCUT2D eigenvalue weighted by Gasteiger charge is -2.36. The maximum absolute atomic E-state index is 10.2. The molecule has 0 aliphatic carbocycles. The molecule has 0 aromatic heterocycles. The van der Waals surface area contributed by atoms with E-state index in [1.165, 1.54) is 5.56 Å². The first kappa shape index (κ1) is 20.1. The molecule has 0 aliphatic rings. The van der Waals surface area contributed by atoms with Gasteiger partial charge in [0.1, 0.15) is 0 Å². The minimum absolute atomic E-state index is 0.249. The Hall–Kier alpha value is -0.903.